The van der Waals surface area contributed by atoms with Crippen molar-refractivity contribution in [2.45, 2.75) is 58.0 Å². The number of hydrogen-bond acceptors (Lipinski definition) is 5. The zero-order chi connectivity index (χ0) is 26.8. The zero-order valence-corrected chi connectivity index (χ0v) is 24.2. The molecule has 196 valence electrons. The molecule has 1 aliphatic rings. The summed E-state index contributed by atoms with van der Waals surface area (Å²) in [4.78, 5) is 30.1. The van der Waals surface area contributed by atoms with Gasteiger partial charge in [-0.3, -0.25) is 9.69 Å². The Labute approximate surface area is 224 Å². The highest BCUT2D eigenvalue weighted by atomic mass is 32.1. The molecule has 0 spiro atoms. The van der Waals surface area contributed by atoms with Gasteiger partial charge in [-0.15, -0.1) is 11.3 Å². The van der Waals surface area contributed by atoms with Crippen LogP contribution in [0.3, 0.4) is 0 Å². The summed E-state index contributed by atoms with van der Waals surface area (Å²) < 4.78 is 0. The number of amides is 2. The Hall–Kier alpha value is -2.94. The van der Waals surface area contributed by atoms with Crippen LogP contribution in [0, 0.1) is 0 Å². The monoisotopic (exact) mass is 534 g/mol. The van der Waals surface area contributed by atoms with Gasteiger partial charge in [-0.2, -0.15) is 0 Å². The van der Waals surface area contributed by atoms with Gasteiger partial charge in [-0.25, -0.2) is 0 Å². The first-order valence-electron chi connectivity index (χ1n) is 12.7. The lowest BCUT2D eigenvalue weighted by Crippen LogP contribution is -2.52. The van der Waals surface area contributed by atoms with Crippen molar-refractivity contribution in [1.29, 1.82) is 0 Å². The van der Waals surface area contributed by atoms with Crippen molar-refractivity contribution in [3.63, 3.8) is 0 Å². The molecule has 2 heterocycles. The van der Waals surface area contributed by atoms with Crippen LogP contribution in [0.4, 0.5) is 16.2 Å². The van der Waals surface area contributed by atoms with Gasteiger partial charge >= 0.3 is 0 Å². The first kappa shape index (κ1) is 27.1. The maximum atomic E-state index is 13.3. The molecule has 0 saturated carbocycles. The van der Waals surface area contributed by atoms with E-state index in [1.54, 1.807) is 38.2 Å². The summed E-state index contributed by atoms with van der Waals surface area (Å²) in [7, 11) is -1.00. The van der Waals surface area contributed by atoms with Crippen molar-refractivity contribution in [3.05, 3.63) is 71.1 Å². The quantitative estimate of drug-likeness (QED) is 0.386. The number of carbonyl (C=O) groups is 2. The number of nitrogens with one attached hydrogen (secondary N) is 1. The van der Waals surface area contributed by atoms with E-state index in [1.165, 1.54) is 22.6 Å². The van der Waals surface area contributed by atoms with Crippen molar-refractivity contribution in [3.8, 4) is 10.4 Å². The zero-order valence-electron chi connectivity index (χ0n) is 22.3. The van der Waals surface area contributed by atoms with Crippen LogP contribution >= 0.6 is 11.3 Å². The summed E-state index contributed by atoms with van der Waals surface area (Å²) in [6, 6.07) is 19.8. The molecular weight excluding hydrogens is 498 g/mol. The molecular formula is C29H36N3O3SSi-. The number of hydrogen-bond donors (Lipinski definition) is 1. The predicted octanol–water partition coefficient (Wildman–Crippen LogP) is 6.14. The van der Waals surface area contributed by atoms with Crippen molar-refractivity contribution in [2.75, 3.05) is 23.3 Å². The Morgan fingerprint density at radius 1 is 1.05 bits per heavy atom. The van der Waals surface area contributed by atoms with E-state index >= 15 is 0 Å². The van der Waals surface area contributed by atoms with Gasteiger partial charge in [0.2, 0.25) is 0 Å². The molecule has 0 aliphatic carbocycles. The lowest BCUT2D eigenvalue weighted by molar-refractivity contribution is -0.247. The molecule has 1 aromatic heterocycles. The van der Waals surface area contributed by atoms with Gasteiger partial charge in [0.15, 0.2) is 0 Å². The Kier molecular flexibility index (Phi) is 7.92. The maximum Gasteiger partial charge on any atom is 0.255 e. The topological polar surface area (TPSA) is 75.7 Å². The molecule has 3 aromatic rings. The van der Waals surface area contributed by atoms with Gasteiger partial charge in [0.1, 0.15) is 6.09 Å². The molecule has 0 radical (unpaired) electrons. The Morgan fingerprint density at radius 3 is 2.30 bits per heavy atom. The number of thiophene rings is 1. The van der Waals surface area contributed by atoms with Gasteiger partial charge < -0.3 is 20.1 Å². The largest absolute Gasteiger partial charge is 0.530 e. The highest BCUT2D eigenvalue weighted by Crippen LogP contribution is 2.36. The van der Waals surface area contributed by atoms with E-state index in [-0.39, 0.29) is 5.91 Å². The van der Waals surface area contributed by atoms with E-state index in [9.17, 15) is 14.7 Å². The highest BCUT2D eigenvalue weighted by molar-refractivity contribution is 7.13. The van der Waals surface area contributed by atoms with Gasteiger partial charge in [-0.05, 0) is 92.8 Å². The minimum Gasteiger partial charge on any atom is -0.530 e. The number of benzene rings is 2. The number of carboxylic acid groups (broad SMARTS) is 1. The SMILES string of the molecule is CC(C)(C)N(C(=O)[O-])c1ccc(-c2cccs2)cc1NC(=O)c1ccc(CN2CC[Si](C)(C)CC2)cc1. The molecule has 0 bridgehead atoms. The van der Waals surface area contributed by atoms with Gasteiger partial charge in [0, 0.05) is 30.6 Å². The van der Waals surface area contributed by atoms with E-state index in [1.807, 2.05) is 53.9 Å². The standard InChI is InChI=1S/C29H37N3O3SSi/c1-29(2,3)32(28(34)35)25-13-12-23(26-7-6-16-36-26)19-24(25)30-27(33)22-10-8-21(9-11-22)20-31-14-17-37(4,5)18-15-31/h6-13,16,19H,14-15,17-18,20H2,1-5H3,(H,30,33)(H,34,35)/p-1. The first-order valence-corrected chi connectivity index (χ1v) is 17.0. The first-order chi connectivity index (χ1) is 17.4. The third-order valence-electron chi connectivity index (χ3n) is 6.98. The van der Waals surface area contributed by atoms with Crippen molar-refractivity contribution in [1.82, 2.24) is 4.90 Å². The fourth-order valence-electron chi connectivity index (χ4n) is 4.69. The molecule has 8 heteroatoms. The number of nitrogens with zero attached hydrogens (tertiary/aromatic N) is 2. The molecule has 2 amide bonds. The molecule has 0 unspecified atom stereocenters. The molecule has 1 fully saturated rings. The second kappa shape index (κ2) is 10.8. The molecule has 1 aliphatic heterocycles. The Morgan fingerprint density at radius 2 is 1.73 bits per heavy atom. The summed E-state index contributed by atoms with van der Waals surface area (Å²) in [5.41, 5.74) is 2.68. The van der Waals surface area contributed by atoms with Crippen molar-refractivity contribution < 1.29 is 14.7 Å². The van der Waals surface area contributed by atoms with E-state index in [2.05, 4.69) is 23.3 Å². The van der Waals surface area contributed by atoms with Crippen LogP contribution in [-0.4, -0.2) is 43.6 Å². The molecule has 1 saturated heterocycles. The molecule has 37 heavy (non-hydrogen) atoms. The lowest BCUT2D eigenvalue weighted by atomic mass is 10.0. The molecule has 0 atom stereocenters. The number of rotatable bonds is 6. The average Bonchev–Trinajstić information content (AvgIpc) is 3.36. The van der Waals surface area contributed by atoms with Crippen LogP contribution in [0.25, 0.3) is 10.4 Å². The minimum absolute atomic E-state index is 0.283. The van der Waals surface area contributed by atoms with Crippen LogP contribution in [-0.2, 0) is 6.54 Å². The third-order valence-corrected chi connectivity index (χ3v) is 11.0. The van der Waals surface area contributed by atoms with Crippen molar-refractivity contribution in [2.24, 2.45) is 0 Å². The van der Waals surface area contributed by atoms with Gasteiger partial charge in [0.05, 0.1) is 11.4 Å². The van der Waals surface area contributed by atoms with Gasteiger partial charge in [-0.1, -0.05) is 37.4 Å². The highest BCUT2D eigenvalue weighted by Gasteiger charge is 2.28. The maximum absolute atomic E-state index is 13.3. The number of carbonyl (C=O) groups excluding carboxylic acids is 2. The van der Waals surface area contributed by atoms with E-state index < -0.39 is 19.7 Å². The summed E-state index contributed by atoms with van der Waals surface area (Å²) in [5, 5.41) is 17.1. The van der Waals surface area contributed by atoms with Crippen LogP contribution in [0.1, 0.15) is 36.7 Å². The summed E-state index contributed by atoms with van der Waals surface area (Å²) >= 11 is 1.58. The molecule has 6 nitrogen and oxygen atoms in total. The number of anilines is 2. The van der Waals surface area contributed by atoms with Crippen LogP contribution < -0.4 is 15.3 Å². The van der Waals surface area contributed by atoms with Gasteiger partial charge in [0.25, 0.3) is 5.91 Å². The fourth-order valence-corrected chi connectivity index (χ4v) is 7.51. The second-order valence-corrected chi connectivity index (χ2v) is 17.8. The van der Waals surface area contributed by atoms with E-state index in [4.69, 9.17) is 0 Å². The molecule has 1 N–H and O–H groups in total. The minimum atomic E-state index is -1.32. The Bertz CT molecular complexity index is 1240. The second-order valence-electron chi connectivity index (χ2n) is 11.6. The lowest BCUT2D eigenvalue weighted by Gasteiger charge is -2.39. The van der Waals surface area contributed by atoms with Crippen molar-refractivity contribution >= 4 is 42.8 Å². The predicted molar refractivity (Wildman–Crippen MR) is 154 cm³/mol. The summed E-state index contributed by atoms with van der Waals surface area (Å²) in [6.45, 7) is 13.5. The summed E-state index contributed by atoms with van der Waals surface area (Å²) in [5.74, 6) is -0.283. The third kappa shape index (κ3) is 6.69. The van der Waals surface area contributed by atoms with E-state index in [0.717, 1.165) is 30.1 Å². The van der Waals surface area contributed by atoms with E-state index in [0.29, 0.717) is 16.9 Å². The van der Waals surface area contributed by atoms with Crippen LogP contribution in [0.5, 0.6) is 0 Å². The molecule has 2 aromatic carbocycles. The van der Waals surface area contributed by atoms with Crippen LogP contribution in [0.2, 0.25) is 25.2 Å². The average molecular weight is 535 g/mol. The summed E-state index contributed by atoms with van der Waals surface area (Å²) in [6.07, 6.45) is -1.32. The molecule has 4 rings (SSSR count). The fraction of sp³-hybridized carbons (Fsp3) is 0.379. The Balaban J connectivity index is 1.56. The normalized spacial score (nSPS) is 15.8. The van der Waals surface area contributed by atoms with Crippen LogP contribution in [0.15, 0.2) is 60.0 Å². The smallest absolute Gasteiger partial charge is 0.255 e.